The van der Waals surface area contributed by atoms with E-state index in [-0.39, 0.29) is 18.0 Å². The van der Waals surface area contributed by atoms with Gasteiger partial charge in [-0.15, -0.1) is 14.9 Å². The van der Waals surface area contributed by atoms with Crippen LogP contribution >= 0.6 is 0 Å². The fraction of sp³-hybridized carbons (Fsp3) is 0.533. The quantitative estimate of drug-likeness (QED) is 0.368. The predicted octanol–water partition coefficient (Wildman–Crippen LogP) is 5.36. The molecule has 0 saturated heterocycles. The first-order chi connectivity index (χ1) is 18.9. The number of aryl methyl sites for hydroxylation is 1. The third kappa shape index (κ3) is 5.12. The van der Waals surface area contributed by atoms with Crippen LogP contribution in [0.25, 0.3) is 11.4 Å². The van der Waals surface area contributed by atoms with Gasteiger partial charge in [0.25, 0.3) is 5.91 Å². The normalized spacial score (nSPS) is 18.3. The minimum atomic E-state index is -1.28. The van der Waals surface area contributed by atoms with Gasteiger partial charge in [0.1, 0.15) is 16.4 Å². The molecule has 9 nitrogen and oxygen atoms in total. The van der Waals surface area contributed by atoms with Gasteiger partial charge in [0, 0.05) is 53.7 Å². The van der Waals surface area contributed by atoms with Crippen LogP contribution in [0.5, 0.6) is 0 Å². The molecule has 10 heteroatoms. The number of nitrogens with one attached hydrogen (secondary N) is 1. The van der Waals surface area contributed by atoms with Crippen LogP contribution in [0.4, 0.5) is 11.5 Å². The highest BCUT2D eigenvalue weighted by Crippen LogP contribution is 2.38. The van der Waals surface area contributed by atoms with E-state index in [0.29, 0.717) is 24.6 Å². The van der Waals surface area contributed by atoms with E-state index < -0.39 is 16.1 Å². The van der Waals surface area contributed by atoms with Crippen molar-refractivity contribution in [3.63, 3.8) is 0 Å². The maximum Gasteiger partial charge on any atom is 0.259 e. The second-order valence-electron chi connectivity index (χ2n) is 12.2. The number of hydrogen-bond donors (Lipinski definition) is 1. The number of hydrogen-bond acceptors (Lipinski definition) is 7. The van der Waals surface area contributed by atoms with Gasteiger partial charge in [0.05, 0.1) is 23.8 Å². The molecule has 1 amide bonds. The van der Waals surface area contributed by atoms with Gasteiger partial charge in [-0.05, 0) is 72.6 Å². The highest BCUT2D eigenvalue weighted by atomic mass is 32.2. The Hall–Kier alpha value is -2.95. The van der Waals surface area contributed by atoms with Gasteiger partial charge in [0.15, 0.2) is 5.82 Å². The SMILES string of the molecule is CCC(N[S@@+]([O-])C(C)(C)C)c1nc(N(C)C(C)C)cc2c1CN(c1cccc(-c3nnc4n3[C@@H](C)CC4)c1)C2=O. The highest BCUT2D eigenvalue weighted by molar-refractivity contribution is 7.90. The second kappa shape index (κ2) is 10.8. The van der Waals surface area contributed by atoms with Gasteiger partial charge >= 0.3 is 0 Å². The number of rotatable bonds is 8. The lowest BCUT2D eigenvalue weighted by Gasteiger charge is -2.29. The Bertz CT molecular complexity index is 1410. The predicted molar refractivity (Wildman–Crippen MR) is 161 cm³/mol. The molecule has 2 aromatic heterocycles. The zero-order chi connectivity index (χ0) is 28.9. The molecule has 4 heterocycles. The molecule has 1 N–H and O–H groups in total. The maximum absolute atomic E-state index is 14.0. The molecule has 0 spiro atoms. The number of carbonyl (C=O) groups is 1. The number of fused-ring (bicyclic) bond motifs is 2. The lowest BCUT2D eigenvalue weighted by atomic mass is 10.0. The fourth-order valence-electron chi connectivity index (χ4n) is 5.32. The van der Waals surface area contributed by atoms with Crippen molar-refractivity contribution in [2.24, 2.45) is 0 Å². The molecule has 3 atom stereocenters. The van der Waals surface area contributed by atoms with Crippen molar-refractivity contribution in [2.75, 3.05) is 16.8 Å². The highest BCUT2D eigenvalue weighted by Gasteiger charge is 2.37. The summed E-state index contributed by atoms with van der Waals surface area (Å²) in [5, 5.41) is 8.89. The van der Waals surface area contributed by atoms with E-state index >= 15 is 0 Å². The van der Waals surface area contributed by atoms with E-state index in [9.17, 15) is 9.35 Å². The largest absolute Gasteiger partial charge is 0.598 e. The van der Waals surface area contributed by atoms with E-state index in [0.717, 1.165) is 52.8 Å². The van der Waals surface area contributed by atoms with Gasteiger partial charge < -0.3 is 18.9 Å². The molecular weight excluding hydrogens is 522 g/mol. The van der Waals surface area contributed by atoms with Crippen LogP contribution < -0.4 is 14.5 Å². The summed E-state index contributed by atoms with van der Waals surface area (Å²) in [5.41, 5.74) is 4.08. The summed E-state index contributed by atoms with van der Waals surface area (Å²) in [4.78, 5) is 22.9. The molecule has 5 rings (SSSR count). The van der Waals surface area contributed by atoms with E-state index in [1.165, 1.54) is 0 Å². The summed E-state index contributed by atoms with van der Waals surface area (Å²) in [6, 6.07) is 10.2. The molecule has 3 aromatic rings. The molecule has 2 aliphatic heterocycles. The molecule has 214 valence electrons. The number of amides is 1. The lowest BCUT2D eigenvalue weighted by Crippen LogP contribution is -2.41. The Morgan fingerprint density at radius 2 is 1.98 bits per heavy atom. The topological polar surface area (TPSA) is 102 Å². The van der Waals surface area contributed by atoms with E-state index in [4.69, 9.17) is 4.98 Å². The molecule has 2 aliphatic rings. The molecular formula is C30H41N7O2S. The number of nitrogens with zero attached hydrogens (tertiary/aromatic N) is 6. The average Bonchev–Trinajstić information content (AvgIpc) is 3.60. The minimum absolute atomic E-state index is 0.0548. The Balaban J connectivity index is 1.54. The van der Waals surface area contributed by atoms with Crippen molar-refractivity contribution >= 4 is 28.8 Å². The lowest BCUT2D eigenvalue weighted by molar-refractivity contribution is 0.0996. The van der Waals surface area contributed by atoms with Gasteiger partial charge in [-0.25, -0.2) is 4.98 Å². The summed E-state index contributed by atoms with van der Waals surface area (Å²) in [6.07, 6.45) is 2.69. The number of benzene rings is 1. The van der Waals surface area contributed by atoms with Crippen LogP contribution in [0.15, 0.2) is 30.3 Å². The Morgan fingerprint density at radius 1 is 1.23 bits per heavy atom. The van der Waals surface area contributed by atoms with Crippen molar-refractivity contribution in [3.05, 3.63) is 53.0 Å². The average molecular weight is 564 g/mol. The third-order valence-electron chi connectivity index (χ3n) is 8.02. The molecule has 40 heavy (non-hydrogen) atoms. The van der Waals surface area contributed by atoms with Crippen molar-refractivity contribution in [1.82, 2.24) is 24.5 Å². The van der Waals surface area contributed by atoms with Crippen LogP contribution in [-0.2, 0) is 24.3 Å². The van der Waals surface area contributed by atoms with Crippen LogP contribution in [-0.4, -0.2) is 48.0 Å². The zero-order valence-electron chi connectivity index (χ0n) is 24.9. The molecule has 0 saturated carbocycles. The standard InChI is InChI=1S/C30H41N7O2S/c1-9-24(34-40(39)30(5,6)7)27-23-17-36(29(38)22(23)16-26(31-27)35(8)18(2)3)21-12-10-11-20(15-21)28-33-32-25-14-13-19(4)37(25)28/h10-12,15-16,18-19,24,34H,9,13-14,17H2,1-8H3/t19-,24?,40-/m0/s1. The van der Waals surface area contributed by atoms with Crippen LogP contribution in [0.2, 0.25) is 0 Å². The number of anilines is 2. The molecule has 1 unspecified atom stereocenters. The maximum atomic E-state index is 14.0. The summed E-state index contributed by atoms with van der Waals surface area (Å²) in [5.74, 6) is 2.54. The van der Waals surface area contributed by atoms with E-state index in [1.807, 2.05) is 63.1 Å². The number of pyridine rings is 1. The van der Waals surface area contributed by atoms with Gasteiger partial charge in [-0.2, -0.15) is 0 Å². The van der Waals surface area contributed by atoms with Crippen LogP contribution in [0, 0.1) is 0 Å². The summed E-state index contributed by atoms with van der Waals surface area (Å²) >= 11 is -1.28. The van der Waals surface area contributed by atoms with E-state index in [1.54, 1.807) is 0 Å². The molecule has 0 fully saturated rings. The van der Waals surface area contributed by atoms with Crippen LogP contribution in [0.3, 0.4) is 0 Å². The molecule has 0 bridgehead atoms. The fourth-order valence-corrected chi connectivity index (χ4v) is 6.21. The summed E-state index contributed by atoms with van der Waals surface area (Å²) < 4.78 is 18.2. The van der Waals surface area contributed by atoms with Crippen molar-refractivity contribution in [2.45, 2.75) is 97.1 Å². The monoisotopic (exact) mass is 563 g/mol. The van der Waals surface area contributed by atoms with Gasteiger partial charge in [0.2, 0.25) is 0 Å². The Labute approximate surface area is 240 Å². The third-order valence-corrected chi connectivity index (χ3v) is 9.63. The molecule has 0 radical (unpaired) electrons. The second-order valence-corrected chi connectivity index (χ2v) is 14.2. The van der Waals surface area contributed by atoms with Crippen molar-refractivity contribution in [1.29, 1.82) is 0 Å². The zero-order valence-corrected chi connectivity index (χ0v) is 25.7. The number of carbonyl (C=O) groups excluding carboxylic acids is 1. The van der Waals surface area contributed by atoms with Crippen molar-refractivity contribution in [3.8, 4) is 11.4 Å². The first-order valence-electron chi connectivity index (χ1n) is 14.2. The summed E-state index contributed by atoms with van der Waals surface area (Å²) in [6.45, 7) is 14.7. The van der Waals surface area contributed by atoms with Gasteiger partial charge in [-0.3, -0.25) is 4.79 Å². The van der Waals surface area contributed by atoms with Crippen molar-refractivity contribution < 1.29 is 9.35 Å². The molecule has 1 aromatic carbocycles. The summed E-state index contributed by atoms with van der Waals surface area (Å²) in [7, 11) is 1.99. The number of aromatic nitrogens is 4. The Kier molecular flexibility index (Phi) is 7.71. The minimum Gasteiger partial charge on any atom is -0.598 e. The Morgan fingerprint density at radius 3 is 2.65 bits per heavy atom. The first-order valence-corrected chi connectivity index (χ1v) is 15.4. The van der Waals surface area contributed by atoms with E-state index in [2.05, 4.69) is 52.1 Å². The molecule has 0 aliphatic carbocycles. The van der Waals surface area contributed by atoms with Crippen LogP contribution in [0.1, 0.15) is 101 Å². The first kappa shape index (κ1) is 28.6. The van der Waals surface area contributed by atoms with Gasteiger partial charge in [-0.1, -0.05) is 19.1 Å². The smallest absolute Gasteiger partial charge is 0.259 e.